The lowest BCUT2D eigenvalue weighted by molar-refractivity contribution is -0.139. The molecule has 0 rings (SSSR count). The van der Waals surface area contributed by atoms with E-state index >= 15 is 0 Å². The number of carboxylic acid groups (broad SMARTS) is 1. The van der Waals surface area contributed by atoms with Gasteiger partial charge in [0.2, 0.25) is 0 Å². The van der Waals surface area contributed by atoms with Crippen molar-refractivity contribution in [3.63, 3.8) is 0 Å². The Bertz CT molecular complexity index is 257. The Morgan fingerprint density at radius 2 is 1.63 bits per heavy atom. The highest BCUT2D eigenvalue weighted by molar-refractivity contribution is 5.82. The van der Waals surface area contributed by atoms with Gasteiger partial charge in [0.15, 0.2) is 0 Å². The summed E-state index contributed by atoms with van der Waals surface area (Å²) in [5.74, 6) is -0.975. The molecule has 2 amide bonds. The van der Waals surface area contributed by atoms with Gasteiger partial charge in [-0.2, -0.15) is 0 Å². The molecule has 0 aliphatic rings. The molecule has 0 radical (unpaired) electrons. The molecule has 0 aromatic rings. The number of rotatable bonds is 11. The molecule has 0 unspecified atom stereocenters. The Morgan fingerprint density at radius 3 is 2.21 bits per heavy atom. The van der Waals surface area contributed by atoms with Gasteiger partial charge in [-0.3, -0.25) is 0 Å². The zero-order valence-corrected chi connectivity index (χ0v) is 12.2. The van der Waals surface area contributed by atoms with Crippen LogP contribution in [-0.4, -0.2) is 29.7 Å². The van der Waals surface area contributed by atoms with Gasteiger partial charge in [0.05, 0.1) is 0 Å². The van der Waals surface area contributed by atoms with Crippen LogP contribution in [-0.2, 0) is 4.79 Å². The van der Waals surface area contributed by atoms with Crippen LogP contribution >= 0.6 is 0 Å². The fourth-order valence-corrected chi connectivity index (χ4v) is 1.86. The number of amides is 2. The highest BCUT2D eigenvalue weighted by atomic mass is 16.4. The van der Waals surface area contributed by atoms with Crippen molar-refractivity contribution < 1.29 is 14.7 Å². The second-order valence-electron chi connectivity index (χ2n) is 4.85. The van der Waals surface area contributed by atoms with Crippen molar-refractivity contribution in [3.8, 4) is 0 Å². The maximum Gasteiger partial charge on any atom is 0.326 e. The van der Waals surface area contributed by atoms with Gasteiger partial charge in [0.25, 0.3) is 0 Å². The summed E-state index contributed by atoms with van der Waals surface area (Å²) in [5, 5.41) is 14.1. The second kappa shape index (κ2) is 11.8. The first-order valence-electron chi connectivity index (χ1n) is 7.39. The van der Waals surface area contributed by atoms with Crippen molar-refractivity contribution in [1.82, 2.24) is 10.6 Å². The summed E-state index contributed by atoms with van der Waals surface area (Å²) in [4.78, 5) is 22.3. The Morgan fingerprint density at radius 1 is 1.00 bits per heavy atom. The smallest absolute Gasteiger partial charge is 0.326 e. The molecule has 0 aromatic heterocycles. The Hall–Kier alpha value is -1.26. The van der Waals surface area contributed by atoms with Gasteiger partial charge in [0.1, 0.15) is 6.04 Å². The SMILES string of the molecule is CCCCCCCCNC(=O)N[C@H](CCC)C(=O)O. The quantitative estimate of drug-likeness (QED) is 0.506. The third kappa shape index (κ3) is 10.4. The van der Waals surface area contributed by atoms with Crippen molar-refractivity contribution in [2.24, 2.45) is 0 Å². The molecule has 112 valence electrons. The van der Waals surface area contributed by atoms with E-state index in [0.29, 0.717) is 13.0 Å². The lowest BCUT2D eigenvalue weighted by Gasteiger charge is -2.14. The van der Waals surface area contributed by atoms with E-state index in [2.05, 4.69) is 17.6 Å². The van der Waals surface area contributed by atoms with E-state index in [-0.39, 0.29) is 6.03 Å². The largest absolute Gasteiger partial charge is 0.480 e. The van der Waals surface area contributed by atoms with Gasteiger partial charge >= 0.3 is 12.0 Å². The number of unbranched alkanes of at least 4 members (excludes halogenated alkanes) is 5. The van der Waals surface area contributed by atoms with Crippen LogP contribution in [0.5, 0.6) is 0 Å². The van der Waals surface area contributed by atoms with Crippen LogP contribution in [0.15, 0.2) is 0 Å². The Balaban J connectivity index is 3.60. The number of carbonyl (C=O) groups is 2. The standard InChI is InChI=1S/C14H28N2O3/c1-3-5-6-7-8-9-11-15-14(19)16-12(10-4-2)13(17)18/h12H,3-11H2,1-2H3,(H,17,18)(H2,15,16,19)/t12-/m1/s1. The van der Waals surface area contributed by atoms with Crippen molar-refractivity contribution in [2.75, 3.05) is 6.54 Å². The Kier molecular flexibility index (Phi) is 11.0. The van der Waals surface area contributed by atoms with Crippen LogP contribution in [0, 0.1) is 0 Å². The van der Waals surface area contributed by atoms with E-state index in [1.165, 1.54) is 25.7 Å². The number of carboxylic acids is 1. The van der Waals surface area contributed by atoms with Crippen molar-refractivity contribution in [2.45, 2.75) is 71.3 Å². The molecule has 5 nitrogen and oxygen atoms in total. The van der Waals surface area contributed by atoms with Gasteiger partial charge in [-0.05, 0) is 12.8 Å². The van der Waals surface area contributed by atoms with Gasteiger partial charge in [0, 0.05) is 6.54 Å². The number of hydrogen-bond acceptors (Lipinski definition) is 2. The predicted molar refractivity (Wildman–Crippen MR) is 76.2 cm³/mol. The predicted octanol–water partition coefficient (Wildman–Crippen LogP) is 2.90. The summed E-state index contributed by atoms with van der Waals surface area (Å²) >= 11 is 0. The fourth-order valence-electron chi connectivity index (χ4n) is 1.86. The maximum atomic E-state index is 11.5. The fraction of sp³-hybridized carbons (Fsp3) is 0.857. The topological polar surface area (TPSA) is 78.4 Å². The summed E-state index contributed by atoms with van der Waals surface area (Å²) < 4.78 is 0. The Labute approximate surface area is 116 Å². The molecule has 0 saturated carbocycles. The first-order chi connectivity index (χ1) is 9.11. The summed E-state index contributed by atoms with van der Waals surface area (Å²) in [6.45, 7) is 4.68. The molecule has 0 heterocycles. The zero-order valence-electron chi connectivity index (χ0n) is 12.2. The molecule has 3 N–H and O–H groups in total. The van der Waals surface area contributed by atoms with Gasteiger partial charge in [-0.25, -0.2) is 9.59 Å². The van der Waals surface area contributed by atoms with Crippen LogP contribution < -0.4 is 10.6 Å². The van der Waals surface area contributed by atoms with Crippen molar-refractivity contribution in [3.05, 3.63) is 0 Å². The molecule has 0 spiro atoms. The molecule has 19 heavy (non-hydrogen) atoms. The molecule has 0 fully saturated rings. The molecular formula is C14H28N2O3. The van der Waals surface area contributed by atoms with Gasteiger partial charge < -0.3 is 15.7 Å². The molecule has 0 aliphatic heterocycles. The molecule has 0 aliphatic carbocycles. The third-order valence-electron chi connectivity index (χ3n) is 3.00. The average Bonchev–Trinajstić information content (AvgIpc) is 2.37. The van der Waals surface area contributed by atoms with Gasteiger partial charge in [-0.15, -0.1) is 0 Å². The van der Waals surface area contributed by atoms with Crippen LogP contribution in [0.25, 0.3) is 0 Å². The lowest BCUT2D eigenvalue weighted by atomic mass is 10.1. The minimum absolute atomic E-state index is 0.380. The zero-order chi connectivity index (χ0) is 14.5. The highest BCUT2D eigenvalue weighted by Gasteiger charge is 2.18. The normalized spacial score (nSPS) is 11.9. The number of aliphatic carboxylic acids is 1. The molecule has 1 atom stereocenters. The molecule has 5 heteroatoms. The summed E-state index contributed by atoms with van der Waals surface area (Å²) in [6, 6.07) is -1.16. The minimum Gasteiger partial charge on any atom is -0.480 e. The molecule has 0 saturated heterocycles. The van der Waals surface area contributed by atoms with E-state index in [0.717, 1.165) is 19.3 Å². The maximum absolute atomic E-state index is 11.5. The molecule has 0 bridgehead atoms. The van der Waals surface area contributed by atoms with E-state index in [1.54, 1.807) is 0 Å². The van der Waals surface area contributed by atoms with Crippen LogP contribution in [0.3, 0.4) is 0 Å². The molecule has 0 aromatic carbocycles. The number of hydrogen-bond donors (Lipinski definition) is 3. The first kappa shape index (κ1) is 17.7. The number of nitrogens with one attached hydrogen (secondary N) is 2. The van der Waals surface area contributed by atoms with Crippen LogP contribution in [0.2, 0.25) is 0 Å². The second-order valence-corrected chi connectivity index (χ2v) is 4.85. The van der Waals surface area contributed by atoms with E-state index < -0.39 is 12.0 Å². The number of carbonyl (C=O) groups excluding carboxylic acids is 1. The lowest BCUT2D eigenvalue weighted by Crippen LogP contribution is -2.46. The highest BCUT2D eigenvalue weighted by Crippen LogP contribution is 2.04. The van der Waals surface area contributed by atoms with Crippen LogP contribution in [0.4, 0.5) is 4.79 Å². The van der Waals surface area contributed by atoms with Crippen molar-refractivity contribution >= 4 is 12.0 Å². The van der Waals surface area contributed by atoms with E-state index in [4.69, 9.17) is 5.11 Å². The third-order valence-corrected chi connectivity index (χ3v) is 3.00. The van der Waals surface area contributed by atoms with E-state index in [1.807, 2.05) is 6.92 Å². The first-order valence-corrected chi connectivity index (χ1v) is 7.39. The monoisotopic (exact) mass is 272 g/mol. The summed E-state index contributed by atoms with van der Waals surface area (Å²) in [5.41, 5.74) is 0. The average molecular weight is 272 g/mol. The van der Waals surface area contributed by atoms with Crippen molar-refractivity contribution in [1.29, 1.82) is 0 Å². The summed E-state index contributed by atoms with van der Waals surface area (Å²) in [7, 11) is 0. The molecular weight excluding hydrogens is 244 g/mol. The number of urea groups is 1. The van der Waals surface area contributed by atoms with Gasteiger partial charge in [-0.1, -0.05) is 52.4 Å². The van der Waals surface area contributed by atoms with Crippen LogP contribution in [0.1, 0.15) is 65.2 Å². The van der Waals surface area contributed by atoms with E-state index in [9.17, 15) is 9.59 Å². The minimum atomic E-state index is -0.975. The summed E-state index contributed by atoms with van der Waals surface area (Å²) in [6.07, 6.45) is 8.19.